The van der Waals surface area contributed by atoms with E-state index < -0.39 is 17.6 Å². The van der Waals surface area contributed by atoms with Crippen LogP contribution in [0, 0.1) is 0 Å². The predicted molar refractivity (Wildman–Crippen MR) is 129 cm³/mol. The van der Waals surface area contributed by atoms with Gasteiger partial charge in [-0.2, -0.15) is 0 Å². The molecule has 0 aromatic heterocycles. The van der Waals surface area contributed by atoms with E-state index in [2.05, 4.69) is 10.3 Å². The topological polar surface area (TPSA) is 89.5 Å². The highest BCUT2D eigenvalue weighted by atomic mass is 32.2. The molecule has 3 rings (SSSR count). The maximum absolute atomic E-state index is 13.3. The smallest absolute Gasteiger partial charge is 0.338 e. The number of ether oxygens (including phenoxy) is 3. The van der Waals surface area contributed by atoms with Crippen molar-refractivity contribution in [3.05, 3.63) is 52.2 Å². The first-order valence-electron chi connectivity index (χ1n) is 10.7. The van der Waals surface area contributed by atoms with Gasteiger partial charge >= 0.3 is 5.97 Å². The van der Waals surface area contributed by atoms with Crippen LogP contribution in [0.25, 0.3) is 0 Å². The number of carbonyl (C=O) groups is 2. The molecule has 0 fully saturated rings. The van der Waals surface area contributed by atoms with E-state index in [1.807, 2.05) is 62.3 Å². The molecule has 1 unspecified atom stereocenters. The van der Waals surface area contributed by atoms with E-state index in [0.29, 0.717) is 30.2 Å². The van der Waals surface area contributed by atoms with Crippen molar-refractivity contribution in [3.8, 4) is 5.75 Å². The average Bonchev–Trinajstić information content (AvgIpc) is 3.13. The van der Waals surface area contributed by atoms with Crippen molar-refractivity contribution in [1.82, 2.24) is 10.2 Å². The van der Waals surface area contributed by atoms with Gasteiger partial charge in [-0.25, -0.2) is 9.79 Å². The Morgan fingerprint density at radius 2 is 1.88 bits per heavy atom. The standard InChI is InChI=1S/C24H31N3O5S/c1-15-20(22(29)32-24(2,3)4)21(16-7-9-18(31-6)10-8-16)27-17(14-33-23(27)26-15)13-19(28)25-11-12-30-5/h7-10,14,21H,11-13H2,1-6H3,(H,25,28). The number of thioether (sulfide) groups is 1. The van der Waals surface area contributed by atoms with E-state index in [0.717, 1.165) is 16.4 Å². The molecule has 33 heavy (non-hydrogen) atoms. The number of carbonyl (C=O) groups excluding carboxylic acids is 2. The molecule has 1 amide bonds. The van der Waals surface area contributed by atoms with Crippen LogP contribution >= 0.6 is 11.8 Å². The average molecular weight is 474 g/mol. The van der Waals surface area contributed by atoms with Crippen molar-refractivity contribution in [2.45, 2.75) is 45.8 Å². The van der Waals surface area contributed by atoms with Gasteiger partial charge in [0, 0.05) is 19.4 Å². The number of fused-ring (bicyclic) bond motifs is 1. The van der Waals surface area contributed by atoms with Crippen molar-refractivity contribution in [3.63, 3.8) is 0 Å². The molecule has 8 nitrogen and oxygen atoms in total. The normalized spacial score (nSPS) is 17.9. The monoisotopic (exact) mass is 473 g/mol. The Hall–Kier alpha value is -2.78. The molecule has 0 saturated carbocycles. The maximum atomic E-state index is 13.3. The predicted octanol–water partition coefficient (Wildman–Crippen LogP) is 3.76. The third kappa shape index (κ3) is 5.97. The van der Waals surface area contributed by atoms with Crippen LogP contribution < -0.4 is 10.1 Å². The summed E-state index contributed by atoms with van der Waals surface area (Å²) in [4.78, 5) is 32.5. The Labute approximate surface area is 199 Å². The number of methoxy groups -OCH3 is 2. The fourth-order valence-corrected chi connectivity index (χ4v) is 4.55. The Morgan fingerprint density at radius 1 is 1.18 bits per heavy atom. The Balaban J connectivity index is 1.98. The van der Waals surface area contributed by atoms with Gasteiger partial charge in [-0.05, 0) is 50.8 Å². The first kappa shape index (κ1) is 24.9. The van der Waals surface area contributed by atoms with Gasteiger partial charge in [-0.3, -0.25) is 4.79 Å². The Bertz CT molecular complexity index is 992. The summed E-state index contributed by atoms with van der Waals surface area (Å²) in [6.45, 7) is 8.19. The minimum Gasteiger partial charge on any atom is -0.497 e. The molecule has 1 N–H and O–H groups in total. The van der Waals surface area contributed by atoms with E-state index >= 15 is 0 Å². The fraction of sp³-hybridized carbons (Fsp3) is 0.458. The molecule has 2 aliphatic rings. The summed E-state index contributed by atoms with van der Waals surface area (Å²) in [6, 6.07) is 7.07. The van der Waals surface area contributed by atoms with Crippen LogP contribution in [-0.2, 0) is 19.1 Å². The highest BCUT2D eigenvalue weighted by molar-refractivity contribution is 8.16. The molecule has 9 heteroatoms. The van der Waals surface area contributed by atoms with E-state index in [1.165, 1.54) is 11.8 Å². The number of hydrogen-bond donors (Lipinski definition) is 1. The quantitative estimate of drug-likeness (QED) is 0.454. The van der Waals surface area contributed by atoms with Gasteiger partial charge < -0.3 is 24.4 Å². The first-order chi connectivity index (χ1) is 15.6. The molecule has 0 spiro atoms. The Kier molecular flexibility index (Phi) is 7.86. The van der Waals surface area contributed by atoms with Gasteiger partial charge in [0.25, 0.3) is 0 Å². The minimum absolute atomic E-state index is 0.126. The minimum atomic E-state index is -0.654. The number of rotatable bonds is 8. The molecule has 178 valence electrons. The highest BCUT2D eigenvalue weighted by Crippen LogP contribution is 2.45. The number of nitrogens with one attached hydrogen (secondary N) is 1. The summed E-state index contributed by atoms with van der Waals surface area (Å²) in [7, 11) is 3.20. The van der Waals surface area contributed by atoms with Crippen molar-refractivity contribution in [2.24, 2.45) is 4.99 Å². The van der Waals surface area contributed by atoms with E-state index in [1.54, 1.807) is 14.2 Å². The molecule has 1 atom stereocenters. The number of amidine groups is 1. The molecule has 0 aliphatic carbocycles. The number of hydrogen-bond acceptors (Lipinski definition) is 8. The lowest BCUT2D eigenvalue weighted by Gasteiger charge is -2.37. The summed E-state index contributed by atoms with van der Waals surface area (Å²) in [5.74, 6) is 0.162. The van der Waals surface area contributed by atoms with Crippen molar-refractivity contribution >= 4 is 28.8 Å². The largest absolute Gasteiger partial charge is 0.497 e. The zero-order valence-corrected chi connectivity index (χ0v) is 20.7. The van der Waals surface area contributed by atoms with Crippen molar-refractivity contribution < 1.29 is 23.8 Å². The van der Waals surface area contributed by atoms with Gasteiger partial charge in [-0.15, -0.1) is 0 Å². The second-order valence-electron chi connectivity index (χ2n) is 8.69. The summed E-state index contributed by atoms with van der Waals surface area (Å²) >= 11 is 1.44. The maximum Gasteiger partial charge on any atom is 0.338 e. The van der Waals surface area contributed by atoms with Crippen molar-refractivity contribution in [1.29, 1.82) is 0 Å². The van der Waals surface area contributed by atoms with Crippen LogP contribution in [-0.4, -0.2) is 54.9 Å². The molecule has 1 aromatic rings. The number of amides is 1. The lowest BCUT2D eigenvalue weighted by Crippen LogP contribution is -2.39. The fourth-order valence-electron chi connectivity index (χ4n) is 3.58. The third-order valence-electron chi connectivity index (χ3n) is 5.02. The van der Waals surface area contributed by atoms with Crippen LogP contribution in [0.4, 0.5) is 0 Å². The molecule has 0 saturated heterocycles. The van der Waals surface area contributed by atoms with E-state index in [9.17, 15) is 9.59 Å². The van der Waals surface area contributed by atoms with Gasteiger partial charge in [-0.1, -0.05) is 23.9 Å². The van der Waals surface area contributed by atoms with Crippen LogP contribution in [0.3, 0.4) is 0 Å². The summed E-state index contributed by atoms with van der Waals surface area (Å²) in [5.41, 5.74) is 2.04. The van der Waals surface area contributed by atoms with Gasteiger partial charge in [0.2, 0.25) is 5.91 Å². The molecule has 1 aromatic carbocycles. The van der Waals surface area contributed by atoms with Crippen molar-refractivity contribution in [2.75, 3.05) is 27.4 Å². The third-order valence-corrected chi connectivity index (χ3v) is 5.91. The van der Waals surface area contributed by atoms with Gasteiger partial charge in [0.15, 0.2) is 5.17 Å². The summed E-state index contributed by atoms with van der Waals surface area (Å²) in [6.07, 6.45) is 0.156. The number of esters is 1. The number of aliphatic imine (C=N–C) groups is 1. The molecule has 0 bridgehead atoms. The molecular formula is C24H31N3O5S. The lowest BCUT2D eigenvalue weighted by atomic mass is 9.93. The lowest BCUT2D eigenvalue weighted by molar-refractivity contribution is -0.150. The second kappa shape index (κ2) is 10.4. The SMILES string of the molecule is COCCNC(=O)CC1=CSC2=NC(C)=C(C(=O)OC(C)(C)C)C(c3ccc(OC)cc3)N12. The van der Waals surface area contributed by atoms with E-state index in [4.69, 9.17) is 14.2 Å². The van der Waals surface area contributed by atoms with Crippen LogP contribution in [0.1, 0.15) is 45.7 Å². The van der Waals surface area contributed by atoms with Crippen LogP contribution in [0.2, 0.25) is 0 Å². The second-order valence-corrected chi connectivity index (χ2v) is 9.52. The Morgan fingerprint density at radius 3 is 2.48 bits per heavy atom. The van der Waals surface area contributed by atoms with E-state index in [-0.39, 0.29) is 12.3 Å². The molecule has 0 radical (unpaired) electrons. The first-order valence-corrected chi connectivity index (χ1v) is 11.6. The summed E-state index contributed by atoms with van der Waals surface area (Å²) in [5, 5.41) is 5.48. The highest BCUT2D eigenvalue weighted by Gasteiger charge is 2.41. The van der Waals surface area contributed by atoms with Crippen LogP contribution in [0.5, 0.6) is 5.75 Å². The zero-order valence-electron chi connectivity index (χ0n) is 19.9. The van der Waals surface area contributed by atoms with Gasteiger partial charge in [0.1, 0.15) is 11.4 Å². The molecule has 2 aliphatic heterocycles. The summed E-state index contributed by atoms with van der Waals surface area (Å²) < 4.78 is 16.0. The number of allylic oxidation sites excluding steroid dienone is 1. The molecule has 2 heterocycles. The number of benzene rings is 1. The zero-order chi connectivity index (χ0) is 24.2. The number of nitrogens with zero attached hydrogens (tertiary/aromatic N) is 2. The van der Waals surface area contributed by atoms with Crippen LogP contribution in [0.15, 0.2) is 51.6 Å². The molecular weight excluding hydrogens is 442 g/mol. The van der Waals surface area contributed by atoms with Gasteiger partial charge in [0.05, 0.1) is 37.4 Å².